The molecule has 0 saturated heterocycles. The van der Waals surface area contributed by atoms with Gasteiger partial charge in [0.05, 0.1) is 18.2 Å². The summed E-state index contributed by atoms with van der Waals surface area (Å²) in [5, 5.41) is 3.96. The second kappa shape index (κ2) is 10.6. The molecule has 0 amide bonds. The van der Waals surface area contributed by atoms with Crippen molar-refractivity contribution in [2.24, 2.45) is 0 Å². The van der Waals surface area contributed by atoms with E-state index in [0.29, 0.717) is 24.0 Å². The molecule has 2 aromatic carbocycles. The summed E-state index contributed by atoms with van der Waals surface area (Å²) in [6.45, 7) is 5.06. The average molecular weight is 449 g/mol. The van der Waals surface area contributed by atoms with Crippen molar-refractivity contribution in [3.63, 3.8) is 0 Å². The van der Waals surface area contributed by atoms with Crippen molar-refractivity contribution < 1.29 is 22.3 Å². The highest BCUT2D eigenvalue weighted by Crippen LogP contribution is 2.32. The van der Waals surface area contributed by atoms with Gasteiger partial charge in [0.15, 0.2) is 11.6 Å². The molecule has 0 atom stereocenters. The average Bonchev–Trinajstić information content (AvgIpc) is 2.76. The van der Waals surface area contributed by atoms with Gasteiger partial charge in [-0.15, -0.1) is 0 Å². The maximum atomic E-state index is 14.0. The minimum Gasteiger partial charge on any atom is -0.494 e. The quantitative estimate of drug-likeness (QED) is 0.299. The minimum absolute atomic E-state index is 0.229. The number of hydrogen-bond acceptors (Lipinski definition) is 4. The Morgan fingerprint density at radius 2 is 1.88 bits per heavy atom. The van der Waals surface area contributed by atoms with Crippen LogP contribution < -0.4 is 10.1 Å². The third-order valence-corrected chi connectivity index (χ3v) is 5.20. The summed E-state index contributed by atoms with van der Waals surface area (Å²) in [4.78, 5) is 6.33. The SMILES string of the molecule is CCCN(CCCNc1ccnc2cc(C(F)(F)F)ccc12)Cc1ccc(OC)c(F)c1. The lowest BCUT2D eigenvalue weighted by Gasteiger charge is -2.22. The number of pyridine rings is 1. The standard InChI is InChI=1S/C24H27F4N3O/c1-3-12-31(16-17-5-8-23(32-2)20(25)14-17)13-4-10-29-21-9-11-30-22-15-18(24(26,27)28)6-7-19(21)22/h5-9,11,14-15H,3-4,10,12-13,16H2,1-2H3,(H,29,30). The first-order valence-electron chi connectivity index (χ1n) is 10.6. The third-order valence-electron chi connectivity index (χ3n) is 5.20. The van der Waals surface area contributed by atoms with E-state index >= 15 is 0 Å². The van der Waals surface area contributed by atoms with Gasteiger partial charge in [-0.25, -0.2) is 4.39 Å². The first-order chi connectivity index (χ1) is 15.3. The predicted molar refractivity (Wildman–Crippen MR) is 118 cm³/mol. The minimum atomic E-state index is -4.39. The summed E-state index contributed by atoms with van der Waals surface area (Å²) in [6.07, 6.45) is -1.09. The molecule has 8 heteroatoms. The normalized spacial score (nSPS) is 11.8. The van der Waals surface area contributed by atoms with Crippen LogP contribution in [0.15, 0.2) is 48.7 Å². The van der Waals surface area contributed by atoms with Crippen LogP contribution in [0.5, 0.6) is 5.75 Å². The number of halogens is 4. The van der Waals surface area contributed by atoms with E-state index in [1.807, 2.05) is 6.07 Å². The first kappa shape index (κ1) is 23.8. The lowest BCUT2D eigenvalue weighted by atomic mass is 10.1. The van der Waals surface area contributed by atoms with E-state index in [1.54, 1.807) is 12.1 Å². The van der Waals surface area contributed by atoms with Crippen molar-refractivity contribution >= 4 is 16.6 Å². The van der Waals surface area contributed by atoms with Gasteiger partial charge in [0.25, 0.3) is 0 Å². The summed E-state index contributed by atoms with van der Waals surface area (Å²) < 4.78 is 57.8. The fraction of sp³-hybridized carbons (Fsp3) is 0.375. The van der Waals surface area contributed by atoms with Gasteiger partial charge in [-0.2, -0.15) is 13.2 Å². The molecule has 172 valence electrons. The molecule has 0 aliphatic carbocycles. The zero-order valence-electron chi connectivity index (χ0n) is 18.2. The lowest BCUT2D eigenvalue weighted by molar-refractivity contribution is -0.137. The number of ether oxygens (including phenoxy) is 1. The maximum absolute atomic E-state index is 14.0. The molecule has 32 heavy (non-hydrogen) atoms. The number of anilines is 1. The summed E-state index contributed by atoms with van der Waals surface area (Å²) in [5.41, 5.74) is 1.23. The summed E-state index contributed by atoms with van der Waals surface area (Å²) in [6, 6.07) is 10.4. The topological polar surface area (TPSA) is 37.4 Å². The van der Waals surface area contributed by atoms with Crippen molar-refractivity contribution in [3.8, 4) is 5.75 Å². The van der Waals surface area contributed by atoms with E-state index in [4.69, 9.17) is 4.74 Å². The monoisotopic (exact) mass is 449 g/mol. The van der Waals surface area contributed by atoms with Crippen LogP contribution in [0.4, 0.5) is 23.2 Å². The Balaban J connectivity index is 1.59. The van der Waals surface area contributed by atoms with Gasteiger partial charge in [-0.1, -0.05) is 19.1 Å². The molecule has 1 aromatic heterocycles. The summed E-state index contributed by atoms with van der Waals surface area (Å²) in [5.74, 6) is -0.145. The van der Waals surface area contributed by atoms with Crippen LogP contribution in [0.1, 0.15) is 30.9 Å². The van der Waals surface area contributed by atoms with Crippen LogP contribution in [-0.4, -0.2) is 36.6 Å². The van der Waals surface area contributed by atoms with Crippen LogP contribution in [0, 0.1) is 5.82 Å². The van der Waals surface area contributed by atoms with Crippen LogP contribution >= 0.6 is 0 Å². The van der Waals surface area contributed by atoms with Gasteiger partial charge >= 0.3 is 6.18 Å². The van der Waals surface area contributed by atoms with E-state index in [-0.39, 0.29) is 11.6 Å². The largest absolute Gasteiger partial charge is 0.494 e. The Hall–Kier alpha value is -2.87. The van der Waals surface area contributed by atoms with Crippen molar-refractivity contribution in [2.45, 2.75) is 32.5 Å². The number of fused-ring (bicyclic) bond motifs is 1. The molecule has 0 aliphatic heterocycles. The van der Waals surface area contributed by atoms with Crippen LogP contribution in [0.2, 0.25) is 0 Å². The number of nitrogens with one attached hydrogen (secondary N) is 1. The predicted octanol–water partition coefficient (Wildman–Crippen LogP) is 6.12. The summed E-state index contributed by atoms with van der Waals surface area (Å²) >= 11 is 0. The Morgan fingerprint density at radius 3 is 2.56 bits per heavy atom. The highest BCUT2D eigenvalue weighted by molar-refractivity contribution is 5.91. The number of alkyl halides is 3. The Kier molecular flexibility index (Phi) is 7.90. The molecular weight excluding hydrogens is 422 g/mol. The van der Waals surface area contributed by atoms with Crippen LogP contribution in [-0.2, 0) is 12.7 Å². The fourth-order valence-electron chi connectivity index (χ4n) is 3.66. The molecule has 1 N–H and O–H groups in total. The molecule has 0 fully saturated rings. The Labute approximate surface area is 185 Å². The van der Waals surface area contributed by atoms with Gasteiger partial charge < -0.3 is 10.1 Å². The molecule has 3 rings (SSSR count). The molecule has 0 unspecified atom stereocenters. The zero-order valence-corrected chi connectivity index (χ0v) is 18.2. The number of aromatic nitrogens is 1. The first-order valence-corrected chi connectivity index (χ1v) is 10.6. The van der Waals surface area contributed by atoms with Crippen molar-refractivity contribution in [3.05, 3.63) is 65.6 Å². The maximum Gasteiger partial charge on any atom is 0.416 e. The van der Waals surface area contributed by atoms with Gasteiger partial charge in [0.2, 0.25) is 0 Å². The van der Waals surface area contributed by atoms with Gasteiger partial charge in [-0.3, -0.25) is 9.88 Å². The number of benzene rings is 2. The van der Waals surface area contributed by atoms with E-state index in [2.05, 4.69) is 22.1 Å². The molecule has 4 nitrogen and oxygen atoms in total. The van der Waals surface area contributed by atoms with E-state index in [1.165, 1.54) is 25.4 Å². The number of nitrogens with zero attached hydrogens (tertiary/aromatic N) is 2. The Bertz CT molecular complexity index is 1040. The molecule has 3 aromatic rings. The molecule has 0 saturated carbocycles. The smallest absolute Gasteiger partial charge is 0.416 e. The second-order valence-electron chi connectivity index (χ2n) is 7.61. The number of rotatable bonds is 10. The van der Waals surface area contributed by atoms with E-state index in [0.717, 1.165) is 49.3 Å². The molecule has 0 bridgehead atoms. The van der Waals surface area contributed by atoms with E-state index < -0.39 is 11.7 Å². The highest BCUT2D eigenvalue weighted by Gasteiger charge is 2.30. The second-order valence-corrected chi connectivity index (χ2v) is 7.61. The molecule has 1 heterocycles. The number of hydrogen-bond donors (Lipinski definition) is 1. The number of methoxy groups -OCH3 is 1. The third kappa shape index (κ3) is 6.09. The Morgan fingerprint density at radius 1 is 1.06 bits per heavy atom. The zero-order chi connectivity index (χ0) is 23.1. The fourth-order valence-corrected chi connectivity index (χ4v) is 3.66. The van der Waals surface area contributed by atoms with Gasteiger partial charge in [0.1, 0.15) is 0 Å². The molecule has 0 spiro atoms. The van der Waals surface area contributed by atoms with Crippen molar-refractivity contribution in [1.29, 1.82) is 0 Å². The van der Waals surface area contributed by atoms with Gasteiger partial charge in [0, 0.05) is 36.9 Å². The molecule has 0 aliphatic rings. The van der Waals surface area contributed by atoms with Crippen molar-refractivity contribution in [2.75, 3.05) is 32.1 Å². The van der Waals surface area contributed by atoms with Crippen LogP contribution in [0.3, 0.4) is 0 Å². The van der Waals surface area contributed by atoms with Gasteiger partial charge in [-0.05, 0) is 55.3 Å². The van der Waals surface area contributed by atoms with Crippen molar-refractivity contribution in [1.82, 2.24) is 9.88 Å². The highest BCUT2D eigenvalue weighted by atomic mass is 19.4. The van der Waals surface area contributed by atoms with Crippen LogP contribution in [0.25, 0.3) is 10.9 Å². The van der Waals surface area contributed by atoms with E-state index in [9.17, 15) is 17.6 Å². The summed E-state index contributed by atoms with van der Waals surface area (Å²) in [7, 11) is 1.44. The molecule has 0 radical (unpaired) electrons. The lowest BCUT2D eigenvalue weighted by Crippen LogP contribution is -2.26. The molecular formula is C24H27F4N3O.